The number of halogens is 4. The fraction of sp³-hybridized carbons (Fsp3) is 0.263. The molecule has 2 rings (SSSR count). The summed E-state index contributed by atoms with van der Waals surface area (Å²) in [5, 5.41) is 2.67. The standard InChI is InChI=1S/C19H17BrF3NO2/c20-16-7-3-14(4-8-16)17(25)9-10-18(26)24-12-11-13-1-5-15(6-2-13)19(21,22)23/h1-8H,9-12H2,(H,24,26). The SMILES string of the molecule is O=C(CCC(=O)c1ccc(Br)cc1)NCCc1ccc(C(F)(F)F)cc1. The maximum absolute atomic E-state index is 12.5. The summed E-state index contributed by atoms with van der Waals surface area (Å²) >= 11 is 3.29. The van der Waals surface area contributed by atoms with Crippen LogP contribution in [0.25, 0.3) is 0 Å². The smallest absolute Gasteiger partial charge is 0.356 e. The zero-order chi connectivity index (χ0) is 19.2. The van der Waals surface area contributed by atoms with Gasteiger partial charge in [-0.25, -0.2) is 0 Å². The second kappa shape index (κ2) is 8.98. The maximum Gasteiger partial charge on any atom is 0.416 e. The van der Waals surface area contributed by atoms with Crippen LogP contribution < -0.4 is 5.32 Å². The summed E-state index contributed by atoms with van der Waals surface area (Å²) in [6, 6.07) is 11.7. The van der Waals surface area contributed by atoms with E-state index >= 15 is 0 Å². The van der Waals surface area contributed by atoms with E-state index in [1.165, 1.54) is 12.1 Å². The highest BCUT2D eigenvalue weighted by Crippen LogP contribution is 2.29. The van der Waals surface area contributed by atoms with Crippen molar-refractivity contribution in [2.75, 3.05) is 6.54 Å². The zero-order valence-corrected chi connectivity index (χ0v) is 15.4. The predicted octanol–water partition coefficient (Wildman–Crippen LogP) is 4.79. The molecule has 0 bridgehead atoms. The van der Waals surface area contributed by atoms with E-state index in [1.54, 1.807) is 24.3 Å². The molecule has 138 valence electrons. The van der Waals surface area contributed by atoms with Crippen LogP contribution in [0.4, 0.5) is 13.2 Å². The predicted molar refractivity (Wildman–Crippen MR) is 95.9 cm³/mol. The number of amides is 1. The van der Waals surface area contributed by atoms with E-state index in [0.717, 1.165) is 16.6 Å². The van der Waals surface area contributed by atoms with Crippen molar-refractivity contribution in [2.24, 2.45) is 0 Å². The van der Waals surface area contributed by atoms with E-state index in [4.69, 9.17) is 0 Å². The van der Waals surface area contributed by atoms with Gasteiger partial charge >= 0.3 is 6.18 Å². The van der Waals surface area contributed by atoms with Crippen LogP contribution >= 0.6 is 15.9 Å². The highest BCUT2D eigenvalue weighted by molar-refractivity contribution is 9.10. The molecule has 1 amide bonds. The molecule has 0 aliphatic heterocycles. The van der Waals surface area contributed by atoms with Crippen molar-refractivity contribution in [2.45, 2.75) is 25.4 Å². The third-order valence-electron chi connectivity index (χ3n) is 3.76. The molecule has 3 nitrogen and oxygen atoms in total. The van der Waals surface area contributed by atoms with Crippen molar-refractivity contribution in [1.29, 1.82) is 0 Å². The van der Waals surface area contributed by atoms with Crippen molar-refractivity contribution < 1.29 is 22.8 Å². The number of hydrogen-bond acceptors (Lipinski definition) is 2. The minimum absolute atomic E-state index is 0.0713. The lowest BCUT2D eigenvalue weighted by atomic mass is 10.1. The number of ketones is 1. The van der Waals surface area contributed by atoms with Crippen molar-refractivity contribution in [1.82, 2.24) is 5.32 Å². The molecule has 0 aliphatic rings. The number of rotatable bonds is 7. The lowest BCUT2D eigenvalue weighted by Crippen LogP contribution is -2.26. The van der Waals surface area contributed by atoms with Gasteiger partial charge in [0.25, 0.3) is 0 Å². The highest BCUT2D eigenvalue weighted by atomic mass is 79.9. The van der Waals surface area contributed by atoms with Crippen LogP contribution in [0.1, 0.15) is 34.3 Å². The quantitative estimate of drug-likeness (QED) is 0.645. The Morgan fingerprint density at radius 1 is 0.923 bits per heavy atom. The first kappa shape index (κ1) is 20.2. The van der Waals surface area contributed by atoms with E-state index < -0.39 is 11.7 Å². The Labute approximate surface area is 157 Å². The van der Waals surface area contributed by atoms with Crippen molar-refractivity contribution in [3.05, 3.63) is 69.7 Å². The fourth-order valence-corrected chi connectivity index (χ4v) is 2.57. The molecule has 0 unspecified atom stereocenters. The summed E-state index contributed by atoms with van der Waals surface area (Å²) in [6.45, 7) is 0.302. The Morgan fingerprint density at radius 3 is 2.12 bits per heavy atom. The Bertz CT molecular complexity index is 756. The largest absolute Gasteiger partial charge is 0.416 e. The molecule has 0 aliphatic carbocycles. The fourth-order valence-electron chi connectivity index (χ4n) is 2.30. The van der Waals surface area contributed by atoms with Gasteiger partial charge in [0.2, 0.25) is 5.91 Å². The molecule has 0 aromatic heterocycles. The van der Waals surface area contributed by atoms with Gasteiger partial charge in [0, 0.05) is 29.4 Å². The number of alkyl halides is 3. The molecule has 0 saturated heterocycles. The molecule has 0 saturated carbocycles. The summed E-state index contributed by atoms with van der Waals surface area (Å²) in [7, 11) is 0. The van der Waals surface area contributed by atoms with Gasteiger partial charge in [-0.05, 0) is 36.2 Å². The second-order valence-electron chi connectivity index (χ2n) is 5.72. The summed E-state index contributed by atoms with van der Waals surface area (Å²) in [6.07, 6.45) is -3.76. The molecular formula is C19H17BrF3NO2. The van der Waals surface area contributed by atoms with Crippen LogP contribution in [-0.4, -0.2) is 18.2 Å². The van der Waals surface area contributed by atoms with E-state index in [0.29, 0.717) is 24.1 Å². The lowest BCUT2D eigenvalue weighted by Gasteiger charge is -2.08. The minimum Gasteiger partial charge on any atom is -0.356 e. The number of carbonyl (C=O) groups excluding carboxylic acids is 2. The van der Waals surface area contributed by atoms with Gasteiger partial charge in [-0.15, -0.1) is 0 Å². The van der Waals surface area contributed by atoms with Crippen molar-refractivity contribution in [3.63, 3.8) is 0 Å². The number of benzene rings is 2. The van der Waals surface area contributed by atoms with Crippen LogP contribution in [0.2, 0.25) is 0 Å². The van der Waals surface area contributed by atoms with Gasteiger partial charge in [0.1, 0.15) is 0 Å². The average Bonchev–Trinajstić information content (AvgIpc) is 2.60. The number of Topliss-reactive ketones (excluding diaryl/α,β-unsaturated/α-hetero) is 1. The van der Waals surface area contributed by atoms with Gasteiger partial charge in [-0.1, -0.05) is 40.2 Å². The van der Waals surface area contributed by atoms with Gasteiger partial charge in [-0.3, -0.25) is 9.59 Å². The topological polar surface area (TPSA) is 46.2 Å². The summed E-state index contributed by atoms with van der Waals surface area (Å²) in [4.78, 5) is 23.8. The Balaban J connectivity index is 1.72. The van der Waals surface area contributed by atoms with Gasteiger partial charge in [0.15, 0.2) is 5.78 Å². The average molecular weight is 428 g/mol. The first-order valence-electron chi connectivity index (χ1n) is 7.97. The molecule has 0 radical (unpaired) electrons. The summed E-state index contributed by atoms with van der Waals surface area (Å²) < 4.78 is 38.3. The third-order valence-corrected chi connectivity index (χ3v) is 4.29. The molecule has 2 aromatic carbocycles. The molecule has 0 atom stereocenters. The molecule has 26 heavy (non-hydrogen) atoms. The summed E-state index contributed by atoms with van der Waals surface area (Å²) in [5.41, 5.74) is 0.548. The van der Waals surface area contributed by atoms with Gasteiger partial charge in [-0.2, -0.15) is 13.2 Å². The maximum atomic E-state index is 12.5. The number of hydrogen-bond donors (Lipinski definition) is 1. The number of nitrogens with one attached hydrogen (secondary N) is 1. The molecule has 1 N–H and O–H groups in total. The van der Waals surface area contributed by atoms with Crippen molar-refractivity contribution in [3.8, 4) is 0 Å². The first-order valence-corrected chi connectivity index (χ1v) is 8.76. The molecule has 0 heterocycles. The van der Waals surface area contributed by atoms with E-state index in [2.05, 4.69) is 21.2 Å². The third kappa shape index (κ3) is 6.29. The molecular weight excluding hydrogens is 411 g/mol. The van der Waals surface area contributed by atoms with Crippen LogP contribution in [0.15, 0.2) is 53.0 Å². The minimum atomic E-state index is -4.35. The zero-order valence-electron chi connectivity index (χ0n) is 13.8. The van der Waals surface area contributed by atoms with E-state index in [-0.39, 0.29) is 24.5 Å². The van der Waals surface area contributed by atoms with Crippen LogP contribution in [-0.2, 0) is 17.4 Å². The number of carbonyl (C=O) groups is 2. The normalized spacial score (nSPS) is 11.2. The monoisotopic (exact) mass is 427 g/mol. The van der Waals surface area contributed by atoms with E-state index in [1.807, 2.05) is 0 Å². The lowest BCUT2D eigenvalue weighted by molar-refractivity contribution is -0.137. The summed E-state index contributed by atoms with van der Waals surface area (Å²) in [5.74, 6) is -0.377. The molecule has 0 fully saturated rings. The van der Waals surface area contributed by atoms with E-state index in [9.17, 15) is 22.8 Å². The van der Waals surface area contributed by atoms with Gasteiger partial charge in [0.05, 0.1) is 5.56 Å². The van der Waals surface area contributed by atoms with Gasteiger partial charge < -0.3 is 5.32 Å². The Morgan fingerprint density at radius 2 is 1.54 bits per heavy atom. The Kier molecular flexibility index (Phi) is 6.97. The first-order chi connectivity index (χ1) is 12.3. The van der Waals surface area contributed by atoms with Crippen LogP contribution in [0.5, 0.6) is 0 Å². The molecule has 2 aromatic rings. The second-order valence-corrected chi connectivity index (χ2v) is 6.64. The van der Waals surface area contributed by atoms with Crippen molar-refractivity contribution >= 4 is 27.6 Å². The van der Waals surface area contributed by atoms with Crippen LogP contribution in [0.3, 0.4) is 0 Å². The van der Waals surface area contributed by atoms with Crippen LogP contribution in [0, 0.1) is 0 Å². The Hall–Kier alpha value is -2.15. The molecule has 7 heteroatoms. The highest BCUT2D eigenvalue weighted by Gasteiger charge is 2.29. The molecule has 0 spiro atoms.